The van der Waals surface area contributed by atoms with Gasteiger partial charge in [0.1, 0.15) is 5.82 Å². The van der Waals surface area contributed by atoms with Crippen LogP contribution in [0.3, 0.4) is 0 Å². The van der Waals surface area contributed by atoms with Gasteiger partial charge < -0.3 is 15.4 Å². The maximum atomic E-state index is 5.82. The lowest BCUT2D eigenvalue weighted by atomic mass is 10.1. The van der Waals surface area contributed by atoms with Crippen molar-refractivity contribution in [2.45, 2.75) is 38.3 Å². The van der Waals surface area contributed by atoms with Crippen LogP contribution in [0.25, 0.3) is 0 Å². The first-order valence-electron chi connectivity index (χ1n) is 6.71. The number of hydrogen-bond donors (Lipinski definition) is 1. The highest BCUT2D eigenvalue weighted by Gasteiger charge is 2.16. The van der Waals surface area contributed by atoms with Crippen molar-refractivity contribution in [1.82, 2.24) is 4.98 Å². The molecule has 1 aliphatic heterocycles. The van der Waals surface area contributed by atoms with Gasteiger partial charge in [-0.1, -0.05) is 6.07 Å². The lowest BCUT2D eigenvalue weighted by Gasteiger charge is -2.28. The van der Waals surface area contributed by atoms with Crippen molar-refractivity contribution in [3.63, 3.8) is 0 Å². The fraction of sp³-hybridized carbons (Fsp3) is 0.643. The molecule has 2 heterocycles. The van der Waals surface area contributed by atoms with Crippen LogP contribution < -0.4 is 10.6 Å². The molecule has 1 unspecified atom stereocenters. The zero-order valence-electron chi connectivity index (χ0n) is 11.3. The average Bonchev–Trinajstić information content (AvgIpc) is 2.40. The van der Waals surface area contributed by atoms with Crippen LogP contribution in [0, 0.1) is 0 Å². The quantitative estimate of drug-likeness (QED) is 0.888. The molecule has 0 bridgehead atoms. The molecule has 100 valence electrons. The van der Waals surface area contributed by atoms with Crippen molar-refractivity contribution in [3.8, 4) is 0 Å². The maximum Gasteiger partial charge on any atom is 0.128 e. The van der Waals surface area contributed by atoms with Crippen molar-refractivity contribution in [3.05, 3.63) is 23.9 Å². The molecule has 0 aromatic carbocycles. The van der Waals surface area contributed by atoms with E-state index in [4.69, 9.17) is 10.5 Å². The SMILES string of the molecule is C[C@@H](N)c1ccc(N(C)CC2CCCCO2)nc1. The summed E-state index contributed by atoms with van der Waals surface area (Å²) in [6, 6.07) is 4.12. The van der Waals surface area contributed by atoms with Gasteiger partial charge in [0.25, 0.3) is 0 Å². The first-order chi connectivity index (χ1) is 8.66. The Kier molecular flexibility index (Phi) is 4.55. The Morgan fingerprint density at radius 3 is 2.89 bits per heavy atom. The molecular formula is C14H23N3O. The molecule has 2 N–H and O–H groups in total. The second-order valence-electron chi connectivity index (χ2n) is 5.11. The van der Waals surface area contributed by atoms with E-state index in [9.17, 15) is 0 Å². The molecule has 4 heteroatoms. The van der Waals surface area contributed by atoms with Gasteiger partial charge in [-0.15, -0.1) is 0 Å². The summed E-state index contributed by atoms with van der Waals surface area (Å²) < 4.78 is 5.74. The van der Waals surface area contributed by atoms with Crippen molar-refractivity contribution in [1.29, 1.82) is 0 Å². The van der Waals surface area contributed by atoms with Crippen molar-refractivity contribution in [2.75, 3.05) is 25.1 Å². The summed E-state index contributed by atoms with van der Waals surface area (Å²) in [6.45, 7) is 3.77. The number of hydrogen-bond acceptors (Lipinski definition) is 4. The van der Waals surface area contributed by atoms with Crippen LogP contribution in [0.4, 0.5) is 5.82 Å². The lowest BCUT2D eigenvalue weighted by Crippen LogP contribution is -2.33. The van der Waals surface area contributed by atoms with Crippen LogP contribution in [0.2, 0.25) is 0 Å². The van der Waals surface area contributed by atoms with Crippen molar-refractivity contribution in [2.24, 2.45) is 5.73 Å². The van der Waals surface area contributed by atoms with Crippen LogP contribution in [-0.4, -0.2) is 31.3 Å². The summed E-state index contributed by atoms with van der Waals surface area (Å²) in [5.74, 6) is 0.980. The van der Waals surface area contributed by atoms with E-state index >= 15 is 0 Å². The number of likely N-dealkylation sites (N-methyl/N-ethyl adjacent to an activating group) is 1. The van der Waals surface area contributed by atoms with Crippen LogP contribution in [0.15, 0.2) is 18.3 Å². The molecule has 0 amide bonds. The number of aromatic nitrogens is 1. The predicted octanol–water partition coefficient (Wildman–Crippen LogP) is 2.11. The van der Waals surface area contributed by atoms with E-state index in [0.29, 0.717) is 6.10 Å². The third kappa shape index (κ3) is 3.43. The number of ether oxygens (including phenoxy) is 1. The van der Waals surface area contributed by atoms with Gasteiger partial charge in [-0.25, -0.2) is 4.98 Å². The van der Waals surface area contributed by atoms with Gasteiger partial charge >= 0.3 is 0 Å². The second kappa shape index (κ2) is 6.16. The minimum Gasteiger partial charge on any atom is -0.376 e. The molecule has 1 aromatic rings. The van der Waals surface area contributed by atoms with Crippen LogP contribution >= 0.6 is 0 Å². The minimum atomic E-state index is 0.0403. The molecule has 1 fully saturated rings. The fourth-order valence-electron chi connectivity index (χ4n) is 2.24. The number of rotatable bonds is 4. The van der Waals surface area contributed by atoms with Gasteiger partial charge in [-0.3, -0.25) is 0 Å². The van der Waals surface area contributed by atoms with Crippen LogP contribution in [0.5, 0.6) is 0 Å². The summed E-state index contributed by atoms with van der Waals surface area (Å²) in [5, 5.41) is 0. The molecular weight excluding hydrogens is 226 g/mol. The average molecular weight is 249 g/mol. The standard InChI is InChI=1S/C14H23N3O/c1-11(15)12-6-7-14(16-9-12)17(2)10-13-5-3-4-8-18-13/h6-7,9,11,13H,3-5,8,10,15H2,1-2H3/t11-,13?/m1/s1. The Labute approximate surface area is 109 Å². The third-order valence-electron chi connectivity index (χ3n) is 3.44. The molecule has 2 rings (SSSR count). The first kappa shape index (κ1) is 13.3. The Balaban J connectivity index is 1.93. The van der Waals surface area contributed by atoms with Gasteiger partial charge in [0.05, 0.1) is 6.10 Å². The van der Waals surface area contributed by atoms with E-state index in [0.717, 1.165) is 31.0 Å². The highest BCUT2D eigenvalue weighted by atomic mass is 16.5. The smallest absolute Gasteiger partial charge is 0.128 e. The third-order valence-corrected chi connectivity index (χ3v) is 3.44. The molecule has 4 nitrogen and oxygen atoms in total. The lowest BCUT2D eigenvalue weighted by molar-refractivity contribution is 0.0215. The topological polar surface area (TPSA) is 51.4 Å². The number of nitrogens with two attached hydrogens (primary N) is 1. The molecule has 1 aromatic heterocycles. The second-order valence-corrected chi connectivity index (χ2v) is 5.11. The van der Waals surface area contributed by atoms with Gasteiger partial charge in [-0.05, 0) is 37.8 Å². The molecule has 0 aliphatic carbocycles. The van der Waals surface area contributed by atoms with Crippen molar-refractivity contribution >= 4 is 5.82 Å². The summed E-state index contributed by atoms with van der Waals surface area (Å²) in [7, 11) is 2.06. The largest absolute Gasteiger partial charge is 0.376 e. The van der Waals surface area contributed by atoms with E-state index in [1.165, 1.54) is 12.8 Å². The Morgan fingerprint density at radius 1 is 1.50 bits per heavy atom. The van der Waals surface area contributed by atoms with Gasteiger partial charge in [0, 0.05) is 32.4 Å². The summed E-state index contributed by atoms with van der Waals surface area (Å²) in [6.07, 6.45) is 5.83. The minimum absolute atomic E-state index is 0.0403. The predicted molar refractivity (Wildman–Crippen MR) is 73.7 cm³/mol. The van der Waals surface area contributed by atoms with E-state index in [-0.39, 0.29) is 6.04 Å². The molecule has 0 spiro atoms. The Bertz CT molecular complexity index is 358. The van der Waals surface area contributed by atoms with Gasteiger partial charge in [0.15, 0.2) is 0 Å². The van der Waals surface area contributed by atoms with Gasteiger partial charge in [0.2, 0.25) is 0 Å². The number of anilines is 1. The van der Waals surface area contributed by atoms with Crippen LogP contribution in [-0.2, 0) is 4.74 Å². The van der Waals surface area contributed by atoms with E-state index < -0.39 is 0 Å². The highest BCUT2D eigenvalue weighted by Crippen LogP contribution is 2.17. The summed E-state index contributed by atoms with van der Waals surface area (Å²) >= 11 is 0. The van der Waals surface area contributed by atoms with Crippen LogP contribution in [0.1, 0.15) is 37.8 Å². The van der Waals surface area contributed by atoms with Crippen molar-refractivity contribution < 1.29 is 4.74 Å². The highest BCUT2D eigenvalue weighted by molar-refractivity contribution is 5.38. The summed E-state index contributed by atoms with van der Waals surface area (Å²) in [4.78, 5) is 6.61. The normalized spacial score (nSPS) is 21.6. The van der Waals surface area contributed by atoms with Gasteiger partial charge in [-0.2, -0.15) is 0 Å². The van der Waals surface area contributed by atoms with E-state index in [1.807, 2.05) is 25.3 Å². The van der Waals surface area contributed by atoms with E-state index in [1.54, 1.807) is 0 Å². The zero-order chi connectivity index (χ0) is 13.0. The first-order valence-corrected chi connectivity index (χ1v) is 6.71. The number of pyridine rings is 1. The molecule has 1 aliphatic rings. The molecule has 1 saturated heterocycles. The van der Waals surface area contributed by atoms with E-state index in [2.05, 4.69) is 16.9 Å². The molecule has 0 radical (unpaired) electrons. The Morgan fingerprint density at radius 2 is 2.33 bits per heavy atom. The Hall–Kier alpha value is -1.13. The summed E-state index contributed by atoms with van der Waals surface area (Å²) in [5.41, 5.74) is 6.89. The monoisotopic (exact) mass is 249 g/mol. The molecule has 2 atom stereocenters. The zero-order valence-corrected chi connectivity index (χ0v) is 11.3. The molecule has 18 heavy (non-hydrogen) atoms. The molecule has 0 saturated carbocycles. The number of nitrogens with zero attached hydrogens (tertiary/aromatic N) is 2. The fourth-order valence-corrected chi connectivity index (χ4v) is 2.24. The maximum absolute atomic E-state index is 5.82.